The lowest BCUT2D eigenvalue weighted by Crippen LogP contribution is -2.28. The molecule has 0 radical (unpaired) electrons. The first-order chi connectivity index (χ1) is 9.09. The second-order valence-electron chi connectivity index (χ2n) is 5.18. The van der Waals surface area contributed by atoms with E-state index >= 15 is 0 Å². The Morgan fingerprint density at radius 1 is 1.63 bits per heavy atom. The van der Waals surface area contributed by atoms with Crippen LogP contribution >= 0.6 is 15.9 Å². The normalized spacial score (nSPS) is 19.7. The van der Waals surface area contributed by atoms with Crippen LogP contribution in [-0.2, 0) is 4.74 Å². The van der Waals surface area contributed by atoms with Crippen LogP contribution in [0.4, 0.5) is 5.69 Å². The van der Waals surface area contributed by atoms with E-state index in [4.69, 9.17) is 4.74 Å². The summed E-state index contributed by atoms with van der Waals surface area (Å²) >= 11 is 3.36. The average molecular weight is 330 g/mol. The molecule has 1 unspecified atom stereocenters. The van der Waals surface area contributed by atoms with Crippen molar-refractivity contribution in [2.75, 3.05) is 25.1 Å². The van der Waals surface area contributed by atoms with Crippen molar-refractivity contribution in [1.29, 1.82) is 0 Å². The lowest BCUT2D eigenvalue weighted by atomic mass is 10.0. The molecule has 1 aliphatic rings. The summed E-state index contributed by atoms with van der Waals surface area (Å²) in [6.45, 7) is 6.35. The molecule has 19 heavy (non-hydrogen) atoms. The molecule has 1 aliphatic heterocycles. The van der Waals surface area contributed by atoms with Crippen LogP contribution < -0.4 is 10.9 Å². The minimum atomic E-state index is -0.0973. The van der Waals surface area contributed by atoms with E-state index in [1.807, 2.05) is 13.8 Å². The van der Waals surface area contributed by atoms with Crippen molar-refractivity contribution in [2.45, 2.75) is 32.7 Å². The Morgan fingerprint density at radius 2 is 2.42 bits per heavy atom. The number of hydrogen-bond donors (Lipinski definition) is 1. The fraction of sp³-hybridized carbons (Fsp3) is 0.692. The molecule has 6 heteroatoms. The molecule has 0 bridgehead atoms. The maximum absolute atomic E-state index is 12.1. The lowest BCUT2D eigenvalue weighted by Gasteiger charge is -2.23. The smallest absolute Gasteiger partial charge is 0.283 e. The van der Waals surface area contributed by atoms with Gasteiger partial charge in [0.05, 0.1) is 24.5 Å². The standard InChI is InChI=1S/C13H20BrN3O2/c1-9(2)17-13(18)12(14)11(7-16-17)15-6-10-4-3-5-19-8-10/h7,9-10,15H,3-6,8H2,1-2H3. The third-order valence-electron chi connectivity index (χ3n) is 3.27. The minimum Gasteiger partial charge on any atom is -0.382 e. The van der Waals surface area contributed by atoms with E-state index in [1.165, 1.54) is 11.1 Å². The quantitative estimate of drug-likeness (QED) is 0.921. The highest BCUT2D eigenvalue weighted by molar-refractivity contribution is 9.10. The van der Waals surface area contributed by atoms with Gasteiger partial charge in [-0.3, -0.25) is 4.79 Å². The minimum absolute atomic E-state index is 0.0598. The number of rotatable bonds is 4. The molecule has 2 heterocycles. The fourth-order valence-corrected chi connectivity index (χ4v) is 2.58. The third-order valence-corrected chi connectivity index (χ3v) is 4.03. The Morgan fingerprint density at radius 3 is 3.05 bits per heavy atom. The van der Waals surface area contributed by atoms with Gasteiger partial charge < -0.3 is 10.1 Å². The Labute approximate surface area is 121 Å². The van der Waals surface area contributed by atoms with Crippen LogP contribution in [0.3, 0.4) is 0 Å². The number of anilines is 1. The molecule has 1 aromatic heterocycles. The van der Waals surface area contributed by atoms with Crippen molar-refractivity contribution in [1.82, 2.24) is 9.78 Å². The largest absolute Gasteiger partial charge is 0.382 e. The molecule has 2 rings (SSSR count). The van der Waals surface area contributed by atoms with Crippen LogP contribution in [0.5, 0.6) is 0 Å². The molecule has 1 saturated heterocycles. The summed E-state index contributed by atoms with van der Waals surface area (Å²) < 4.78 is 7.46. The number of aromatic nitrogens is 2. The predicted octanol–water partition coefficient (Wildman–Crippen LogP) is 2.43. The van der Waals surface area contributed by atoms with E-state index in [0.29, 0.717) is 10.4 Å². The number of nitrogens with one attached hydrogen (secondary N) is 1. The Balaban J connectivity index is 2.04. The van der Waals surface area contributed by atoms with Gasteiger partial charge in [0.15, 0.2) is 0 Å². The molecule has 0 amide bonds. The van der Waals surface area contributed by atoms with E-state index in [2.05, 4.69) is 26.3 Å². The van der Waals surface area contributed by atoms with Crippen LogP contribution in [0.2, 0.25) is 0 Å². The van der Waals surface area contributed by atoms with Crippen LogP contribution in [0, 0.1) is 5.92 Å². The first kappa shape index (κ1) is 14.5. The van der Waals surface area contributed by atoms with Crippen LogP contribution in [0.1, 0.15) is 32.7 Å². The van der Waals surface area contributed by atoms with Crippen molar-refractivity contribution in [2.24, 2.45) is 5.92 Å². The van der Waals surface area contributed by atoms with E-state index < -0.39 is 0 Å². The highest BCUT2D eigenvalue weighted by atomic mass is 79.9. The molecule has 106 valence electrons. The van der Waals surface area contributed by atoms with E-state index in [-0.39, 0.29) is 11.6 Å². The first-order valence-corrected chi connectivity index (χ1v) is 7.48. The van der Waals surface area contributed by atoms with Gasteiger partial charge in [-0.1, -0.05) is 0 Å². The second kappa shape index (κ2) is 6.52. The van der Waals surface area contributed by atoms with E-state index in [9.17, 15) is 4.79 Å². The summed E-state index contributed by atoms with van der Waals surface area (Å²) in [6, 6.07) is 0.0598. The average Bonchev–Trinajstić information content (AvgIpc) is 2.41. The van der Waals surface area contributed by atoms with Crippen LogP contribution in [-0.4, -0.2) is 29.5 Å². The first-order valence-electron chi connectivity index (χ1n) is 6.68. The van der Waals surface area contributed by atoms with Crippen molar-refractivity contribution in [3.8, 4) is 0 Å². The summed E-state index contributed by atoms with van der Waals surface area (Å²) in [7, 11) is 0. The van der Waals surface area contributed by atoms with Gasteiger partial charge in [-0.15, -0.1) is 0 Å². The number of ether oxygens (including phenoxy) is 1. The second-order valence-corrected chi connectivity index (χ2v) is 5.97. The zero-order chi connectivity index (χ0) is 13.8. The highest BCUT2D eigenvalue weighted by Crippen LogP contribution is 2.19. The molecule has 0 spiro atoms. The zero-order valence-electron chi connectivity index (χ0n) is 11.4. The zero-order valence-corrected chi connectivity index (χ0v) is 12.9. The van der Waals surface area contributed by atoms with Gasteiger partial charge in [0.25, 0.3) is 5.56 Å². The molecule has 1 atom stereocenters. The van der Waals surface area contributed by atoms with Gasteiger partial charge >= 0.3 is 0 Å². The van der Waals surface area contributed by atoms with Crippen LogP contribution in [0.25, 0.3) is 0 Å². The Hall–Kier alpha value is -0.880. The maximum Gasteiger partial charge on any atom is 0.283 e. The van der Waals surface area contributed by atoms with Gasteiger partial charge in [-0.2, -0.15) is 5.10 Å². The van der Waals surface area contributed by atoms with Crippen molar-refractivity contribution >= 4 is 21.6 Å². The SMILES string of the molecule is CC(C)n1ncc(NCC2CCCOC2)c(Br)c1=O. The van der Waals surface area contributed by atoms with Gasteiger partial charge in [0.1, 0.15) is 4.47 Å². The molecule has 0 aliphatic carbocycles. The predicted molar refractivity (Wildman–Crippen MR) is 78.6 cm³/mol. The number of nitrogens with zero attached hydrogens (tertiary/aromatic N) is 2. The fourth-order valence-electron chi connectivity index (χ4n) is 2.16. The molecular formula is C13H20BrN3O2. The van der Waals surface area contributed by atoms with Gasteiger partial charge in [-0.25, -0.2) is 4.68 Å². The molecule has 0 saturated carbocycles. The number of hydrogen-bond acceptors (Lipinski definition) is 4. The maximum atomic E-state index is 12.1. The number of halogens is 1. The van der Waals surface area contributed by atoms with Gasteiger partial charge in [0, 0.05) is 13.2 Å². The summed E-state index contributed by atoms with van der Waals surface area (Å²) in [4.78, 5) is 12.1. The highest BCUT2D eigenvalue weighted by Gasteiger charge is 2.15. The molecule has 1 aromatic rings. The Kier molecular flexibility index (Phi) is 4.99. The monoisotopic (exact) mass is 329 g/mol. The van der Waals surface area contributed by atoms with Crippen molar-refractivity contribution < 1.29 is 4.74 Å². The summed E-state index contributed by atoms with van der Waals surface area (Å²) in [6.07, 6.45) is 3.98. The van der Waals surface area contributed by atoms with E-state index in [1.54, 1.807) is 6.20 Å². The molecule has 5 nitrogen and oxygen atoms in total. The van der Waals surface area contributed by atoms with E-state index in [0.717, 1.165) is 31.9 Å². The molecule has 1 fully saturated rings. The molecular weight excluding hydrogens is 310 g/mol. The molecule has 0 aromatic carbocycles. The van der Waals surface area contributed by atoms with Gasteiger partial charge in [0.2, 0.25) is 0 Å². The summed E-state index contributed by atoms with van der Waals surface area (Å²) in [5, 5.41) is 7.47. The van der Waals surface area contributed by atoms with Crippen LogP contribution in [0.15, 0.2) is 15.5 Å². The summed E-state index contributed by atoms with van der Waals surface area (Å²) in [5.74, 6) is 0.508. The van der Waals surface area contributed by atoms with Gasteiger partial charge in [-0.05, 0) is 48.5 Å². The van der Waals surface area contributed by atoms with Crippen molar-refractivity contribution in [3.63, 3.8) is 0 Å². The lowest BCUT2D eigenvalue weighted by molar-refractivity contribution is 0.0595. The topological polar surface area (TPSA) is 56.1 Å². The van der Waals surface area contributed by atoms with Crippen molar-refractivity contribution in [3.05, 3.63) is 21.0 Å². The Bertz CT molecular complexity index is 481. The summed E-state index contributed by atoms with van der Waals surface area (Å²) in [5.41, 5.74) is 0.660. The molecule has 1 N–H and O–H groups in total. The third kappa shape index (κ3) is 3.57.